The Hall–Kier alpha value is -2.97. The Morgan fingerprint density at radius 1 is 1.32 bits per heavy atom. The van der Waals surface area contributed by atoms with Crippen LogP contribution in [0.15, 0.2) is 52.8 Å². The van der Waals surface area contributed by atoms with Gasteiger partial charge in [-0.15, -0.1) is 5.10 Å². The molecule has 28 heavy (non-hydrogen) atoms. The molecule has 0 saturated heterocycles. The Balaban J connectivity index is 2.02. The van der Waals surface area contributed by atoms with E-state index in [0.717, 1.165) is 12.1 Å². The summed E-state index contributed by atoms with van der Waals surface area (Å²) < 4.78 is 7.61. The fourth-order valence-corrected chi connectivity index (χ4v) is 2.71. The maximum Gasteiger partial charge on any atom is 0.260 e. The fraction of sp³-hybridized carbons (Fsp3) is 0.350. The average Bonchev–Trinajstić information content (AvgIpc) is 3.00. The minimum atomic E-state index is -0.0817. The van der Waals surface area contributed by atoms with Gasteiger partial charge in [0.15, 0.2) is 11.5 Å². The molecule has 0 bridgehead atoms. The molecular formula is C20H25N5O3. The Labute approximate surface area is 163 Å². The molecule has 1 aliphatic carbocycles. The molecule has 148 valence electrons. The van der Waals surface area contributed by atoms with Crippen LogP contribution < -0.4 is 10.1 Å². The van der Waals surface area contributed by atoms with Crippen LogP contribution in [-0.2, 0) is 4.79 Å². The summed E-state index contributed by atoms with van der Waals surface area (Å²) in [5.41, 5.74) is 3.17. The topological polar surface area (TPSA) is 91.5 Å². The van der Waals surface area contributed by atoms with Crippen LogP contribution in [-0.4, -0.2) is 71.5 Å². The van der Waals surface area contributed by atoms with Crippen LogP contribution in [0.4, 0.5) is 5.69 Å². The van der Waals surface area contributed by atoms with Crippen molar-refractivity contribution in [2.75, 3.05) is 40.4 Å². The maximum atomic E-state index is 12.1. The van der Waals surface area contributed by atoms with E-state index in [2.05, 4.69) is 10.4 Å². The monoisotopic (exact) mass is 383 g/mol. The smallest absolute Gasteiger partial charge is 0.260 e. The van der Waals surface area contributed by atoms with Crippen molar-refractivity contribution in [1.29, 1.82) is 0 Å². The van der Waals surface area contributed by atoms with Crippen LogP contribution in [0.3, 0.4) is 0 Å². The van der Waals surface area contributed by atoms with Gasteiger partial charge in [-0.1, -0.05) is 6.07 Å². The minimum Gasteiger partial charge on any atom is -0.474 e. The zero-order valence-corrected chi connectivity index (χ0v) is 16.3. The molecule has 0 aromatic carbocycles. The van der Waals surface area contributed by atoms with Gasteiger partial charge in [0.2, 0.25) is 0 Å². The molecule has 8 heteroatoms. The van der Waals surface area contributed by atoms with E-state index < -0.39 is 0 Å². The van der Waals surface area contributed by atoms with Crippen LogP contribution >= 0.6 is 0 Å². The summed E-state index contributed by atoms with van der Waals surface area (Å²) in [7, 11) is 3.95. The number of fused-ring (bicyclic) bond motifs is 1. The van der Waals surface area contributed by atoms with Gasteiger partial charge in [0, 0.05) is 25.4 Å². The number of carbonyl (C=O) groups is 1. The summed E-state index contributed by atoms with van der Waals surface area (Å²) in [5, 5.41) is 16.7. The quantitative estimate of drug-likeness (QED) is 0.669. The first-order chi connectivity index (χ1) is 13.5. The van der Waals surface area contributed by atoms with Crippen molar-refractivity contribution >= 4 is 22.7 Å². The number of nitrogens with one attached hydrogen (secondary N) is 1. The molecule has 0 saturated carbocycles. The number of pyridine rings is 1. The number of hydrogen-bond acceptors (Lipinski definition) is 7. The van der Waals surface area contributed by atoms with Crippen LogP contribution in [0.1, 0.15) is 6.92 Å². The standard InChI is InChI=1S/C20H25N5O3/c1-14-12-16(15(13-18(14)27)21-7-10-26)22-19-17-6-4-5-8-25(17)23-20(19)28-11-9-24(2)3/h4-6,8,12-13,21,26H,7,9-11H2,1-3H3. The lowest BCUT2D eigenvalue weighted by Gasteiger charge is -2.15. The second-order valence-corrected chi connectivity index (χ2v) is 6.73. The molecule has 2 heterocycles. The Bertz CT molecular complexity index is 956. The van der Waals surface area contributed by atoms with E-state index >= 15 is 0 Å². The van der Waals surface area contributed by atoms with Crippen LogP contribution in [0, 0.1) is 0 Å². The number of hydrogen-bond donors (Lipinski definition) is 2. The third-order valence-electron chi connectivity index (χ3n) is 4.21. The zero-order chi connectivity index (χ0) is 20.1. The zero-order valence-electron chi connectivity index (χ0n) is 16.3. The molecular weight excluding hydrogens is 358 g/mol. The number of ether oxygens (including phenoxy) is 1. The number of aliphatic hydroxyl groups is 1. The molecule has 0 atom stereocenters. The summed E-state index contributed by atoms with van der Waals surface area (Å²) in [6.07, 6.45) is 5.07. The first-order valence-electron chi connectivity index (χ1n) is 9.12. The van der Waals surface area contributed by atoms with Crippen molar-refractivity contribution in [3.63, 3.8) is 0 Å². The van der Waals surface area contributed by atoms with Gasteiger partial charge in [-0.3, -0.25) is 4.79 Å². The highest BCUT2D eigenvalue weighted by molar-refractivity contribution is 6.22. The Kier molecular flexibility index (Phi) is 6.23. The molecule has 1 aliphatic rings. The van der Waals surface area contributed by atoms with Crippen LogP contribution in [0.5, 0.6) is 5.88 Å². The van der Waals surface area contributed by atoms with Gasteiger partial charge in [0.05, 0.1) is 23.5 Å². The number of aromatic nitrogens is 2. The highest BCUT2D eigenvalue weighted by Gasteiger charge is 2.19. The predicted octanol–water partition coefficient (Wildman–Crippen LogP) is 1.34. The van der Waals surface area contributed by atoms with Gasteiger partial charge >= 0.3 is 0 Å². The molecule has 2 aromatic rings. The number of allylic oxidation sites excluding steroid dienone is 3. The van der Waals surface area contributed by atoms with E-state index in [4.69, 9.17) is 14.8 Å². The second-order valence-electron chi connectivity index (χ2n) is 6.73. The Morgan fingerprint density at radius 3 is 2.89 bits per heavy atom. The van der Waals surface area contributed by atoms with Gasteiger partial charge in [-0.2, -0.15) is 0 Å². The molecule has 2 aromatic heterocycles. The van der Waals surface area contributed by atoms with Crippen molar-refractivity contribution in [3.8, 4) is 5.88 Å². The first-order valence-corrected chi connectivity index (χ1v) is 9.12. The second kappa shape index (κ2) is 8.81. The predicted molar refractivity (Wildman–Crippen MR) is 108 cm³/mol. The summed E-state index contributed by atoms with van der Waals surface area (Å²) >= 11 is 0. The van der Waals surface area contributed by atoms with Gasteiger partial charge in [-0.05, 0) is 44.8 Å². The highest BCUT2D eigenvalue weighted by Crippen LogP contribution is 2.33. The molecule has 8 nitrogen and oxygen atoms in total. The summed E-state index contributed by atoms with van der Waals surface area (Å²) in [6, 6.07) is 5.72. The summed E-state index contributed by atoms with van der Waals surface area (Å²) in [6.45, 7) is 3.26. The van der Waals surface area contributed by atoms with Crippen molar-refractivity contribution in [3.05, 3.63) is 47.8 Å². The average molecular weight is 383 g/mol. The number of ketones is 1. The van der Waals surface area contributed by atoms with Crippen molar-refractivity contribution in [2.24, 2.45) is 4.99 Å². The van der Waals surface area contributed by atoms with Crippen molar-refractivity contribution in [2.45, 2.75) is 6.92 Å². The van der Waals surface area contributed by atoms with E-state index in [9.17, 15) is 4.79 Å². The normalized spacial score (nSPS) is 15.9. The van der Waals surface area contributed by atoms with Crippen LogP contribution in [0.2, 0.25) is 0 Å². The molecule has 0 spiro atoms. The Morgan fingerprint density at radius 2 is 2.14 bits per heavy atom. The molecule has 0 fully saturated rings. The maximum absolute atomic E-state index is 12.1. The lowest BCUT2D eigenvalue weighted by molar-refractivity contribution is -0.111. The minimum absolute atomic E-state index is 0.0445. The van der Waals surface area contributed by atoms with Crippen molar-refractivity contribution < 1.29 is 14.6 Å². The van der Waals surface area contributed by atoms with Gasteiger partial charge in [0.25, 0.3) is 5.88 Å². The molecule has 0 radical (unpaired) electrons. The molecule has 0 aliphatic heterocycles. The number of likely N-dealkylation sites (N-methyl/N-ethyl adjacent to an activating group) is 1. The van der Waals surface area contributed by atoms with E-state index in [1.165, 1.54) is 6.08 Å². The summed E-state index contributed by atoms with van der Waals surface area (Å²) in [4.78, 5) is 18.9. The molecule has 0 amide bonds. The van der Waals surface area contributed by atoms with E-state index in [0.29, 0.717) is 41.7 Å². The lowest BCUT2D eigenvalue weighted by Crippen LogP contribution is -2.26. The SMILES string of the molecule is CC1=CC(=Nc2c(OCCN(C)C)nn3ccccc23)C(NCCO)=CC1=O. The van der Waals surface area contributed by atoms with Crippen LogP contribution in [0.25, 0.3) is 5.52 Å². The van der Waals surface area contributed by atoms with Crippen molar-refractivity contribution in [1.82, 2.24) is 19.8 Å². The van der Waals surface area contributed by atoms with E-state index in [-0.39, 0.29) is 12.4 Å². The van der Waals surface area contributed by atoms with E-state index in [1.54, 1.807) is 17.5 Å². The number of carbonyl (C=O) groups excluding carboxylic acids is 1. The molecule has 2 N–H and O–H groups in total. The number of rotatable bonds is 8. The lowest BCUT2D eigenvalue weighted by atomic mass is 10.0. The number of aliphatic hydroxyl groups excluding tert-OH is 1. The third-order valence-corrected chi connectivity index (χ3v) is 4.21. The molecule has 0 unspecified atom stereocenters. The largest absolute Gasteiger partial charge is 0.474 e. The fourth-order valence-electron chi connectivity index (χ4n) is 2.71. The van der Waals surface area contributed by atoms with Gasteiger partial charge in [-0.25, -0.2) is 9.51 Å². The highest BCUT2D eigenvalue weighted by atomic mass is 16.5. The third kappa shape index (κ3) is 4.47. The molecule has 3 rings (SSSR count). The summed E-state index contributed by atoms with van der Waals surface area (Å²) in [5.74, 6) is 0.353. The number of aliphatic imine (C=N–C) groups is 1. The van der Waals surface area contributed by atoms with E-state index in [1.807, 2.05) is 43.4 Å². The van der Waals surface area contributed by atoms with Gasteiger partial charge in [0.1, 0.15) is 6.61 Å². The first kappa shape index (κ1) is 19.8. The number of nitrogens with zero attached hydrogens (tertiary/aromatic N) is 4. The van der Waals surface area contributed by atoms with Gasteiger partial charge < -0.3 is 20.1 Å².